The molecule has 32 heavy (non-hydrogen) atoms. The molecule has 8 nitrogen and oxygen atoms in total. The summed E-state index contributed by atoms with van der Waals surface area (Å²) in [4.78, 5) is 12.6. The van der Waals surface area contributed by atoms with Crippen LogP contribution < -0.4 is 28.4 Å². The fourth-order valence-corrected chi connectivity index (χ4v) is 4.86. The molecule has 0 unspecified atom stereocenters. The van der Waals surface area contributed by atoms with E-state index >= 15 is 0 Å². The Morgan fingerprint density at radius 1 is 0.688 bits per heavy atom. The van der Waals surface area contributed by atoms with E-state index in [1.807, 2.05) is 12.1 Å². The first-order valence-electron chi connectivity index (χ1n) is 10.3. The minimum absolute atomic E-state index is 0.0244. The van der Waals surface area contributed by atoms with Gasteiger partial charge in [-0.3, -0.25) is 4.79 Å². The van der Waals surface area contributed by atoms with Crippen molar-refractivity contribution in [2.24, 2.45) is 11.8 Å². The molecule has 1 fully saturated rings. The molecule has 2 aromatic rings. The van der Waals surface area contributed by atoms with E-state index in [1.54, 1.807) is 42.7 Å². The fourth-order valence-electron chi connectivity index (χ4n) is 4.86. The summed E-state index contributed by atoms with van der Waals surface area (Å²) in [7, 11) is 9.46. The molecule has 0 bridgehead atoms. The topological polar surface area (TPSA) is 81.7 Å². The van der Waals surface area contributed by atoms with E-state index < -0.39 is 0 Å². The third-order valence-electron chi connectivity index (χ3n) is 6.31. The van der Waals surface area contributed by atoms with Crippen molar-refractivity contribution in [2.45, 2.75) is 12.8 Å². The maximum absolute atomic E-state index is 12.6. The minimum Gasteiger partial charge on any atom is -0.493 e. The Bertz CT molecular complexity index is 1050. The van der Waals surface area contributed by atoms with Crippen molar-refractivity contribution in [3.8, 4) is 45.6 Å². The van der Waals surface area contributed by atoms with Crippen LogP contribution >= 0.6 is 0 Å². The Morgan fingerprint density at radius 3 is 1.59 bits per heavy atom. The van der Waals surface area contributed by atoms with Crippen LogP contribution in [0.2, 0.25) is 0 Å². The van der Waals surface area contributed by atoms with Crippen LogP contribution in [0.5, 0.6) is 34.5 Å². The van der Waals surface area contributed by atoms with Gasteiger partial charge in [0.25, 0.3) is 0 Å². The lowest BCUT2D eigenvalue weighted by atomic mass is 9.77. The predicted octanol–water partition coefficient (Wildman–Crippen LogP) is 3.29. The van der Waals surface area contributed by atoms with Crippen LogP contribution in [0.4, 0.5) is 0 Å². The van der Waals surface area contributed by atoms with Gasteiger partial charge in [0.15, 0.2) is 23.0 Å². The molecule has 0 N–H and O–H groups in total. The SMILES string of the molecule is COc1cc2c(c(OC)c1OC)-c1c(cc(OC)c(OC)c1OC)C[C@@H]1C(=O)OC[C@@H]1C2. The second-order valence-corrected chi connectivity index (χ2v) is 7.76. The van der Waals surface area contributed by atoms with E-state index in [2.05, 4.69) is 0 Å². The third-order valence-corrected chi connectivity index (χ3v) is 6.31. The summed E-state index contributed by atoms with van der Waals surface area (Å²) in [5.41, 5.74) is 3.41. The average Bonchev–Trinajstić information content (AvgIpc) is 3.14. The average molecular weight is 444 g/mol. The quantitative estimate of drug-likeness (QED) is 0.628. The molecule has 1 aliphatic carbocycles. The lowest BCUT2D eigenvalue weighted by Gasteiger charge is -2.29. The van der Waals surface area contributed by atoms with Gasteiger partial charge in [0.1, 0.15) is 0 Å². The number of rotatable bonds is 6. The van der Waals surface area contributed by atoms with Crippen LogP contribution in [-0.4, -0.2) is 55.2 Å². The molecule has 0 saturated carbocycles. The zero-order chi connectivity index (χ0) is 23.0. The monoisotopic (exact) mass is 444 g/mol. The molecule has 2 aromatic carbocycles. The minimum atomic E-state index is -0.274. The van der Waals surface area contributed by atoms with E-state index in [0.29, 0.717) is 53.9 Å². The molecule has 8 heteroatoms. The molecule has 0 radical (unpaired) electrons. The Balaban J connectivity index is 2.14. The van der Waals surface area contributed by atoms with Crippen molar-refractivity contribution < 1.29 is 38.0 Å². The number of methoxy groups -OCH3 is 6. The van der Waals surface area contributed by atoms with Crippen LogP contribution in [0, 0.1) is 11.8 Å². The van der Waals surface area contributed by atoms with Gasteiger partial charge in [0, 0.05) is 17.0 Å². The number of cyclic esters (lactones) is 1. The standard InChI is InChI=1S/C24H28O8/c1-26-16-9-12-7-14-11-32-24(25)15(14)8-13-10-17(27-2)21(29-4)23(31-6)19(13)18(12)22(30-5)20(16)28-3/h9-10,14-15H,7-8,11H2,1-6H3/t14-,15-/m0/s1. The normalized spacial score (nSPS) is 18.9. The molecule has 0 amide bonds. The van der Waals surface area contributed by atoms with Crippen LogP contribution in [0.1, 0.15) is 11.1 Å². The summed E-state index contributed by atoms with van der Waals surface area (Å²) in [6, 6.07) is 3.83. The van der Waals surface area contributed by atoms with Crippen molar-refractivity contribution >= 4 is 5.97 Å². The first-order valence-corrected chi connectivity index (χ1v) is 10.3. The largest absolute Gasteiger partial charge is 0.493 e. The predicted molar refractivity (Wildman–Crippen MR) is 117 cm³/mol. The highest BCUT2D eigenvalue weighted by molar-refractivity contribution is 5.89. The van der Waals surface area contributed by atoms with E-state index in [1.165, 1.54) is 0 Å². The third kappa shape index (κ3) is 3.25. The van der Waals surface area contributed by atoms with Crippen LogP contribution in [0.3, 0.4) is 0 Å². The second-order valence-electron chi connectivity index (χ2n) is 7.76. The van der Waals surface area contributed by atoms with Gasteiger partial charge in [-0.15, -0.1) is 0 Å². The lowest BCUT2D eigenvalue weighted by molar-refractivity contribution is -0.141. The molecule has 1 saturated heterocycles. The van der Waals surface area contributed by atoms with Crippen molar-refractivity contribution in [1.29, 1.82) is 0 Å². The van der Waals surface area contributed by atoms with Crippen LogP contribution in [0.15, 0.2) is 12.1 Å². The highest BCUT2D eigenvalue weighted by Crippen LogP contribution is 2.56. The van der Waals surface area contributed by atoms with Crippen molar-refractivity contribution in [1.82, 2.24) is 0 Å². The molecule has 172 valence electrons. The van der Waals surface area contributed by atoms with Gasteiger partial charge in [-0.05, 0) is 36.1 Å². The summed E-state index contributed by atoms with van der Waals surface area (Å²) >= 11 is 0. The second kappa shape index (κ2) is 8.68. The zero-order valence-electron chi connectivity index (χ0n) is 19.2. The highest BCUT2D eigenvalue weighted by Gasteiger charge is 2.41. The van der Waals surface area contributed by atoms with Crippen LogP contribution in [0.25, 0.3) is 11.1 Å². The molecule has 1 heterocycles. The van der Waals surface area contributed by atoms with Gasteiger partial charge in [0.2, 0.25) is 11.5 Å². The summed E-state index contributed by atoms with van der Waals surface area (Å²) in [6.07, 6.45) is 1.09. The number of hydrogen-bond acceptors (Lipinski definition) is 8. The van der Waals surface area contributed by atoms with Crippen molar-refractivity contribution in [3.05, 3.63) is 23.3 Å². The number of fused-ring (bicyclic) bond motifs is 4. The van der Waals surface area contributed by atoms with Gasteiger partial charge in [0.05, 0.1) is 55.2 Å². The van der Waals surface area contributed by atoms with E-state index in [9.17, 15) is 4.79 Å². The number of benzene rings is 2. The van der Waals surface area contributed by atoms with E-state index in [-0.39, 0.29) is 17.8 Å². The first-order chi connectivity index (χ1) is 15.5. The molecule has 0 spiro atoms. The highest BCUT2D eigenvalue weighted by atomic mass is 16.5. The number of carbonyl (C=O) groups is 1. The lowest BCUT2D eigenvalue weighted by Crippen LogP contribution is -2.23. The number of hydrogen-bond donors (Lipinski definition) is 0. The van der Waals surface area contributed by atoms with Crippen molar-refractivity contribution in [2.75, 3.05) is 49.3 Å². The Labute approximate surface area is 187 Å². The Hall–Kier alpha value is -3.29. The van der Waals surface area contributed by atoms with Gasteiger partial charge in [-0.1, -0.05) is 0 Å². The van der Waals surface area contributed by atoms with Gasteiger partial charge in [-0.25, -0.2) is 0 Å². The van der Waals surface area contributed by atoms with Gasteiger partial charge >= 0.3 is 5.97 Å². The Morgan fingerprint density at radius 2 is 1.16 bits per heavy atom. The molecule has 1 aliphatic heterocycles. The number of ether oxygens (including phenoxy) is 7. The summed E-state index contributed by atoms with van der Waals surface area (Å²) in [6.45, 7) is 0.374. The molecule has 4 rings (SSSR count). The van der Waals surface area contributed by atoms with Gasteiger partial charge < -0.3 is 33.2 Å². The maximum atomic E-state index is 12.6. The van der Waals surface area contributed by atoms with E-state index in [0.717, 1.165) is 22.3 Å². The fraction of sp³-hybridized carbons (Fsp3) is 0.458. The first kappa shape index (κ1) is 21.9. The van der Waals surface area contributed by atoms with Gasteiger partial charge in [-0.2, -0.15) is 0 Å². The zero-order valence-corrected chi connectivity index (χ0v) is 19.2. The van der Waals surface area contributed by atoms with Crippen molar-refractivity contribution in [3.63, 3.8) is 0 Å². The molecule has 0 aromatic heterocycles. The summed E-state index contributed by atoms with van der Waals surface area (Å²) < 4.78 is 39.7. The molecule has 2 atom stereocenters. The Kier molecular flexibility index (Phi) is 5.95. The summed E-state index contributed by atoms with van der Waals surface area (Å²) in [5, 5.41) is 0. The molecule has 2 aliphatic rings. The van der Waals surface area contributed by atoms with E-state index in [4.69, 9.17) is 33.2 Å². The molecular weight excluding hydrogens is 416 g/mol. The summed E-state index contributed by atoms with van der Waals surface area (Å²) in [5.74, 6) is 2.59. The number of carbonyl (C=O) groups excluding carboxylic acids is 1. The number of esters is 1. The molecular formula is C24H28O8. The maximum Gasteiger partial charge on any atom is 0.309 e. The van der Waals surface area contributed by atoms with Crippen LogP contribution in [-0.2, 0) is 22.4 Å². The smallest absolute Gasteiger partial charge is 0.309 e.